The van der Waals surface area contributed by atoms with Gasteiger partial charge in [0.15, 0.2) is 11.5 Å². The molecule has 138 valence electrons. The highest BCUT2D eigenvalue weighted by atomic mass is 32.1. The molecule has 0 spiro atoms. The lowest BCUT2D eigenvalue weighted by Gasteiger charge is -2.27. The molecule has 2 aliphatic rings. The van der Waals surface area contributed by atoms with Crippen molar-refractivity contribution in [3.8, 4) is 11.5 Å². The van der Waals surface area contributed by atoms with Crippen molar-refractivity contribution >= 4 is 22.2 Å². The number of phenolic OH excluding ortho intramolecular Hbond substituents is 1. The maximum Gasteiger partial charge on any atom is 0.256 e. The molecule has 0 fully saturated rings. The molecule has 0 saturated heterocycles. The molecule has 2 heterocycles. The molecule has 1 amide bonds. The molecule has 1 aromatic heterocycles. The lowest BCUT2D eigenvalue weighted by molar-refractivity contribution is 0.0935. The zero-order chi connectivity index (χ0) is 18.3. The summed E-state index contributed by atoms with van der Waals surface area (Å²) in [5.41, 5.74) is 2.93. The number of benzene rings is 1. The number of hydrogen-bond donors (Lipinski definition) is 3. The Morgan fingerprint density at radius 1 is 1.31 bits per heavy atom. The maximum absolute atomic E-state index is 12.8. The Balaban J connectivity index is 1.64. The number of phenols is 1. The van der Waals surface area contributed by atoms with E-state index in [1.165, 1.54) is 23.3 Å². The first kappa shape index (κ1) is 17.2. The molecule has 0 saturated carbocycles. The van der Waals surface area contributed by atoms with Crippen LogP contribution in [0.1, 0.15) is 59.2 Å². The van der Waals surface area contributed by atoms with Crippen LogP contribution in [0.2, 0.25) is 0 Å². The zero-order valence-electron chi connectivity index (χ0n) is 15.1. The van der Waals surface area contributed by atoms with Crippen LogP contribution in [-0.4, -0.2) is 17.6 Å². The molecule has 2 atom stereocenters. The Kier molecular flexibility index (Phi) is 4.53. The molecule has 4 rings (SSSR count). The van der Waals surface area contributed by atoms with E-state index in [9.17, 15) is 9.90 Å². The van der Waals surface area contributed by atoms with Gasteiger partial charge in [0, 0.05) is 4.88 Å². The van der Waals surface area contributed by atoms with Crippen LogP contribution in [-0.2, 0) is 12.8 Å². The van der Waals surface area contributed by atoms with Gasteiger partial charge in [-0.15, -0.1) is 11.3 Å². The molecule has 6 heteroatoms. The number of nitrogens with one attached hydrogen (secondary N) is 2. The number of aromatic hydroxyl groups is 1. The third-order valence-corrected chi connectivity index (χ3v) is 6.53. The smallest absolute Gasteiger partial charge is 0.256 e. The summed E-state index contributed by atoms with van der Waals surface area (Å²) < 4.78 is 5.47. The minimum absolute atomic E-state index is 0.0118. The highest BCUT2D eigenvalue weighted by molar-refractivity contribution is 7.16. The monoisotopic (exact) mass is 372 g/mol. The van der Waals surface area contributed by atoms with Gasteiger partial charge in [-0.25, -0.2) is 0 Å². The summed E-state index contributed by atoms with van der Waals surface area (Å²) in [4.78, 5) is 14.2. The summed E-state index contributed by atoms with van der Waals surface area (Å²) in [6.45, 7) is 4.59. The molecule has 2 aromatic rings. The second-order valence-corrected chi connectivity index (χ2v) is 8.04. The normalized spacial score (nSPS) is 21.4. The predicted octanol–water partition coefficient (Wildman–Crippen LogP) is 4.22. The van der Waals surface area contributed by atoms with Crippen molar-refractivity contribution in [2.45, 2.75) is 45.7 Å². The fourth-order valence-electron chi connectivity index (χ4n) is 3.86. The molecule has 0 unspecified atom stereocenters. The highest BCUT2D eigenvalue weighted by Crippen LogP contribution is 2.43. The van der Waals surface area contributed by atoms with Crippen molar-refractivity contribution in [1.29, 1.82) is 0 Å². The van der Waals surface area contributed by atoms with Gasteiger partial charge in [-0.1, -0.05) is 19.4 Å². The van der Waals surface area contributed by atoms with Gasteiger partial charge >= 0.3 is 0 Å². The van der Waals surface area contributed by atoms with Crippen molar-refractivity contribution in [3.63, 3.8) is 0 Å². The van der Waals surface area contributed by atoms with Gasteiger partial charge in [0.2, 0.25) is 0 Å². The number of carbonyl (C=O) groups excluding carboxylic acids is 1. The summed E-state index contributed by atoms with van der Waals surface area (Å²) in [7, 11) is 0. The summed E-state index contributed by atoms with van der Waals surface area (Å²) in [6, 6.07) is 5.19. The van der Waals surface area contributed by atoms with Gasteiger partial charge in [0.05, 0.1) is 12.2 Å². The molecule has 1 aliphatic carbocycles. The third-order valence-electron chi connectivity index (χ3n) is 5.34. The second-order valence-electron chi connectivity index (χ2n) is 6.94. The van der Waals surface area contributed by atoms with E-state index in [0.29, 0.717) is 12.4 Å². The number of hydrogen-bond acceptors (Lipinski definition) is 5. The predicted molar refractivity (Wildman–Crippen MR) is 103 cm³/mol. The van der Waals surface area contributed by atoms with Crippen molar-refractivity contribution in [2.75, 3.05) is 11.9 Å². The third kappa shape index (κ3) is 2.92. The fourth-order valence-corrected chi connectivity index (χ4v) is 5.25. The van der Waals surface area contributed by atoms with Crippen molar-refractivity contribution in [3.05, 3.63) is 39.8 Å². The first-order valence-corrected chi connectivity index (χ1v) is 10.1. The SMILES string of the molecule is CCOc1cc([C@@H]2NC(=O)c3c(sc4c3CC[C@H](CC)C4)N2)ccc1O. The average Bonchev–Trinajstić information content (AvgIpc) is 3.01. The molecule has 0 radical (unpaired) electrons. The molecule has 26 heavy (non-hydrogen) atoms. The molecular weight excluding hydrogens is 348 g/mol. The first-order chi connectivity index (χ1) is 12.6. The lowest BCUT2D eigenvalue weighted by Crippen LogP contribution is -2.38. The number of thiophene rings is 1. The lowest BCUT2D eigenvalue weighted by atomic mass is 9.85. The Hall–Kier alpha value is -2.21. The number of anilines is 1. The Bertz CT molecular complexity index is 846. The zero-order valence-corrected chi connectivity index (χ0v) is 15.9. The van der Waals surface area contributed by atoms with E-state index in [4.69, 9.17) is 4.74 Å². The van der Waals surface area contributed by atoms with Gasteiger partial charge in [0.25, 0.3) is 5.91 Å². The van der Waals surface area contributed by atoms with Crippen LogP contribution in [0.5, 0.6) is 11.5 Å². The van der Waals surface area contributed by atoms with Crippen LogP contribution >= 0.6 is 11.3 Å². The topological polar surface area (TPSA) is 70.6 Å². The average molecular weight is 372 g/mol. The van der Waals surface area contributed by atoms with Gasteiger partial charge in [-0.3, -0.25) is 4.79 Å². The van der Waals surface area contributed by atoms with Crippen molar-refractivity contribution in [1.82, 2.24) is 5.32 Å². The van der Waals surface area contributed by atoms with Crippen LogP contribution in [0.3, 0.4) is 0 Å². The van der Waals surface area contributed by atoms with Gasteiger partial charge in [-0.05, 0) is 55.4 Å². The van der Waals surface area contributed by atoms with Crippen LogP contribution in [0, 0.1) is 5.92 Å². The van der Waals surface area contributed by atoms with E-state index < -0.39 is 0 Å². The molecule has 1 aromatic carbocycles. The first-order valence-electron chi connectivity index (χ1n) is 9.28. The summed E-state index contributed by atoms with van der Waals surface area (Å²) in [5.74, 6) is 1.26. The Morgan fingerprint density at radius 3 is 2.92 bits per heavy atom. The van der Waals surface area contributed by atoms with E-state index in [2.05, 4.69) is 17.6 Å². The molecular formula is C20H24N2O3S. The molecule has 0 bridgehead atoms. The minimum Gasteiger partial charge on any atom is -0.504 e. The Morgan fingerprint density at radius 2 is 2.15 bits per heavy atom. The second kappa shape index (κ2) is 6.83. The van der Waals surface area contributed by atoms with Gasteiger partial charge in [0.1, 0.15) is 11.2 Å². The van der Waals surface area contributed by atoms with E-state index in [1.54, 1.807) is 29.5 Å². The quantitative estimate of drug-likeness (QED) is 0.751. The van der Waals surface area contributed by atoms with Gasteiger partial charge in [-0.2, -0.15) is 0 Å². The van der Waals surface area contributed by atoms with E-state index in [1.807, 2.05) is 6.92 Å². The van der Waals surface area contributed by atoms with Crippen LogP contribution in [0.4, 0.5) is 5.00 Å². The highest BCUT2D eigenvalue weighted by Gasteiger charge is 2.33. The standard InChI is InChI=1S/C20H24N2O3S/c1-3-11-5-7-13-16(9-11)26-20-17(13)19(24)21-18(22-20)12-6-8-14(23)15(10-12)25-4-2/h6,8,10-11,18,22-23H,3-5,7,9H2,1-2H3,(H,21,24)/t11-,18+/m0/s1. The van der Waals surface area contributed by atoms with E-state index >= 15 is 0 Å². The van der Waals surface area contributed by atoms with Crippen molar-refractivity contribution < 1.29 is 14.6 Å². The number of amides is 1. The number of carbonyl (C=O) groups is 1. The summed E-state index contributed by atoms with van der Waals surface area (Å²) in [5, 5.41) is 17.4. The summed E-state index contributed by atoms with van der Waals surface area (Å²) in [6.07, 6.45) is 4.11. The summed E-state index contributed by atoms with van der Waals surface area (Å²) >= 11 is 1.72. The van der Waals surface area contributed by atoms with Crippen LogP contribution in [0.25, 0.3) is 0 Å². The van der Waals surface area contributed by atoms with Crippen LogP contribution < -0.4 is 15.4 Å². The molecule has 3 N–H and O–H groups in total. The Labute approximate surface area is 157 Å². The number of ether oxygens (including phenoxy) is 1. The maximum atomic E-state index is 12.8. The largest absolute Gasteiger partial charge is 0.504 e. The van der Waals surface area contributed by atoms with Crippen molar-refractivity contribution in [2.24, 2.45) is 5.92 Å². The fraction of sp³-hybridized carbons (Fsp3) is 0.450. The van der Waals surface area contributed by atoms with Gasteiger partial charge < -0.3 is 20.5 Å². The van der Waals surface area contributed by atoms with E-state index in [-0.39, 0.29) is 17.8 Å². The molecule has 1 aliphatic heterocycles. The van der Waals surface area contributed by atoms with E-state index in [0.717, 1.165) is 34.9 Å². The molecule has 5 nitrogen and oxygen atoms in total. The number of rotatable bonds is 4. The minimum atomic E-state index is -0.322. The van der Waals surface area contributed by atoms with Crippen LogP contribution in [0.15, 0.2) is 18.2 Å². The number of fused-ring (bicyclic) bond motifs is 3.